The molecule has 0 radical (unpaired) electrons. The lowest BCUT2D eigenvalue weighted by molar-refractivity contribution is 0.334. The van der Waals surface area contributed by atoms with E-state index in [1.807, 2.05) is 37.1 Å². The number of nitrogens with zero attached hydrogens (tertiary/aromatic N) is 5. The van der Waals surface area contributed by atoms with Crippen LogP contribution in [0.25, 0.3) is 55.6 Å². The number of likely N-dealkylation sites (tertiary alicyclic amines) is 1. The van der Waals surface area contributed by atoms with Gasteiger partial charge < -0.3 is 20.5 Å². The molecule has 5 aromatic heterocycles. The summed E-state index contributed by atoms with van der Waals surface area (Å²) in [6.45, 7) is 9.85. The molecule has 0 spiro atoms. The number of hydrogen-bond donors (Lipinski definition) is 4. The van der Waals surface area contributed by atoms with Gasteiger partial charge in [0, 0.05) is 40.0 Å². The van der Waals surface area contributed by atoms with E-state index < -0.39 is 0 Å². The number of rotatable bonds is 11. The van der Waals surface area contributed by atoms with Crippen LogP contribution in [0.2, 0.25) is 0 Å². The second-order valence-corrected chi connectivity index (χ2v) is 13.6. The molecule has 0 bridgehead atoms. The average molecular weight is 656 g/mol. The van der Waals surface area contributed by atoms with Crippen molar-refractivity contribution in [2.45, 2.75) is 44.9 Å². The van der Waals surface area contributed by atoms with Crippen LogP contribution in [0, 0.1) is 11.7 Å². The van der Waals surface area contributed by atoms with Crippen molar-refractivity contribution in [2.24, 2.45) is 5.92 Å². The van der Waals surface area contributed by atoms with Crippen LogP contribution < -0.4 is 10.6 Å². The SMILES string of the molecule is C=C(CC1CCNCC1)Nc1cncc(-c2cc3c(-c4cc5c(-c6cc(F)cc(CCCN7CCCC7)c6)cncc5[nH]4)n[nH]c3cn2)c1. The Hall–Kier alpha value is -4.93. The Kier molecular flexibility index (Phi) is 8.89. The molecule has 0 saturated carbocycles. The van der Waals surface area contributed by atoms with Gasteiger partial charge in [-0.1, -0.05) is 12.6 Å². The summed E-state index contributed by atoms with van der Waals surface area (Å²) in [6, 6.07) is 11.6. The summed E-state index contributed by atoms with van der Waals surface area (Å²) in [5.41, 5.74) is 9.65. The van der Waals surface area contributed by atoms with E-state index >= 15 is 0 Å². The minimum absolute atomic E-state index is 0.223. The molecule has 2 saturated heterocycles. The van der Waals surface area contributed by atoms with Crippen molar-refractivity contribution < 1.29 is 4.39 Å². The number of H-pyrrole nitrogens is 2. The van der Waals surface area contributed by atoms with Gasteiger partial charge in [-0.15, -0.1) is 0 Å². The highest BCUT2D eigenvalue weighted by atomic mass is 19.1. The quantitative estimate of drug-likeness (QED) is 0.113. The first-order valence-electron chi connectivity index (χ1n) is 17.5. The first kappa shape index (κ1) is 31.3. The Morgan fingerprint density at radius 1 is 0.898 bits per heavy atom. The van der Waals surface area contributed by atoms with Gasteiger partial charge >= 0.3 is 0 Å². The summed E-state index contributed by atoms with van der Waals surface area (Å²) >= 11 is 0. The van der Waals surface area contributed by atoms with Crippen LogP contribution in [0.1, 0.15) is 44.1 Å². The van der Waals surface area contributed by atoms with E-state index in [2.05, 4.69) is 65.5 Å². The second-order valence-electron chi connectivity index (χ2n) is 13.6. The largest absolute Gasteiger partial charge is 0.358 e. The summed E-state index contributed by atoms with van der Waals surface area (Å²) in [5, 5.41) is 16.6. The monoisotopic (exact) mass is 655 g/mol. The van der Waals surface area contributed by atoms with Crippen LogP contribution in [-0.4, -0.2) is 67.8 Å². The Balaban J connectivity index is 1.05. The van der Waals surface area contributed by atoms with Gasteiger partial charge in [0.2, 0.25) is 0 Å². The van der Waals surface area contributed by atoms with Gasteiger partial charge in [0.1, 0.15) is 11.5 Å². The smallest absolute Gasteiger partial charge is 0.124 e. The lowest BCUT2D eigenvalue weighted by Crippen LogP contribution is -2.28. The standard InChI is InChI=1S/C39H42FN9/c1-25(13-26-6-8-41-9-7-26)45-31-17-29(20-42-21-31)35-19-33-38(24-44-35)47-48-39(33)36-18-32-34(22-43-23-37(32)46-36)28-14-27(15-30(40)16-28)5-4-12-49-10-2-3-11-49/h14-24,26,41,45-46H,1-13H2,(H,47,48). The summed E-state index contributed by atoms with van der Waals surface area (Å²) < 4.78 is 14.9. The molecule has 250 valence electrons. The Morgan fingerprint density at radius 2 is 1.76 bits per heavy atom. The predicted octanol–water partition coefficient (Wildman–Crippen LogP) is 7.71. The topological polar surface area (TPSA) is 110 Å². The molecular weight excluding hydrogens is 613 g/mol. The van der Waals surface area contributed by atoms with Gasteiger partial charge in [-0.2, -0.15) is 5.10 Å². The Bertz CT molecular complexity index is 2100. The highest BCUT2D eigenvalue weighted by Gasteiger charge is 2.18. The number of aromatic amines is 2. The third-order valence-electron chi connectivity index (χ3n) is 10.0. The van der Waals surface area contributed by atoms with Crippen LogP contribution in [0.4, 0.5) is 10.1 Å². The van der Waals surface area contributed by atoms with E-state index in [0.717, 1.165) is 111 Å². The molecule has 0 atom stereocenters. The molecule has 10 heteroatoms. The fourth-order valence-electron chi connectivity index (χ4n) is 7.49. The third-order valence-corrected chi connectivity index (χ3v) is 10.0. The number of piperidine rings is 1. The van der Waals surface area contributed by atoms with Crippen molar-refractivity contribution in [2.75, 3.05) is 38.0 Å². The normalized spacial score (nSPS) is 15.8. The Morgan fingerprint density at radius 3 is 2.63 bits per heavy atom. The van der Waals surface area contributed by atoms with Crippen LogP contribution in [0.15, 0.2) is 79.7 Å². The number of aryl methyl sites for hydroxylation is 1. The fourth-order valence-corrected chi connectivity index (χ4v) is 7.49. The van der Waals surface area contributed by atoms with Crippen molar-refractivity contribution in [1.82, 2.24) is 40.3 Å². The molecule has 2 fully saturated rings. The van der Waals surface area contributed by atoms with Gasteiger partial charge in [-0.05, 0) is 125 Å². The highest BCUT2D eigenvalue weighted by molar-refractivity contribution is 6.01. The van der Waals surface area contributed by atoms with E-state index in [0.29, 0.717) is 5.92 Å². The molecular formula is C39H42FN9. The summed E-state index contributed by atoms with van der Waals surface area (Å²) in [4.78, 5) is 19.8. The highest BCUT2D eigenvalue weighted by Crippen LogP contribution is 2.35. The van der Waals surface area contributed by atoms with E-state index in [1.165, 1.54) is 38.8 Å². The van der Waals surface area contributed by atoms with Gasteiger partial charge in [0.05, 0.1) is 46.7 Å². The van der Waals surface area contributed by atoms with Crippen LogP contribution in [-0.2, 0) is 6.42 Å². The number of pyridine rings is 3. The van der Waals surface area contributed by atoms with E-state index in [1.54, 1.807) is 12.1 Å². The molecule has 49 heavy (non-hydrogen) atoms. The Labute approximate surface area is 285 Å². The molecule has 8 rings (SSSR count). The van der Waals surface area contributed by atoms with Crippen molar-refractivity contribution in [3.8, 4) is 33.8 Å². The van der Waals surface area contributed by atoms with Crippen molar-refractivity contribution in [3.05, 3.63) is 91.0 Å². The maximum absolute atomic E-state index is 14.9. The lowest BCUT2D eigenvalue weighted by Gasteiger charge is -2.23. The molecule has 0 unspecified atom stereocenters. The zero-order chi connectivity index (χ0) is 33.2. The first-order valence-corrected chi connectivity index (χ1v) is 17.5. The van der Waals surface area contributed by atoms with E-state index in [9.17, 15) is 4.39 Å². The number of benzene rings is 1. The minimum atomic E-state index is -0.223. The fraction of sp³-hybridized carbons (Fsp3) is 0.333. The number of anilines is 1. The van der Waals surface area contributed by atoms with Crippen molar-refractivity contribution in [3.63, 3.8) is 0 Å². The number of fused-ring (bicyclic) bond motifs is 2. The molecule has 9 nitrogen and oxygen atoms in total. The second kappa shape index (κ2) is 13.9. The zero-order valence-electron chi connectivity index (χ0n) is 27.7. The molecule has 2 aliphatic rings. The van der Waals surface area contributed by atoms with Gasteiger partial charge in [-0.3, -0.25) is 20.1 Å². The zero-order valence-corrected chi connectivity index (χ0v) is 27.7. The molecule has 6 aromatic rings. The van der Waals surface area contributed by atoms with Crippen molar-refractivity contribution in [1.29, 1.82) is 0 Å². The molecule has 1 aromatic carbocycles. The van der Waals surface area contributed by atoms with Crippen LogP contribution in [0.5, 0.6) is 0 Å². The number of allylic oxidation sites excluding steroid dienone is 1. The number of aromatic nitrogens is 6. The number of hydrogen-bond acceptors (Lipinski definition) is 7. The van der Waals surface area contributed by atoms with E-state index in [-0.39, 0.29) is 5.82 Å². The molecule has 4 N–H and O–H groups in total. The first-order chi connectivity index (χ1) is 24.1. The maximum Gasteiger partial charge on any atom is 0.124 e. The lowest BCUT2D eigenvalue weighted by atomic mass is 9.93. The van der Waals surface area contributed by atoms with Crippen LogP contribution in [0.3, 0.4) is 0 Å². The van der Waals surface area contributed by atoms with Crippen LogP contribution >= 0.6 is 0 Å². The predicted molar refractivity (Wildman–Crippen MR) is 195 cm³/mol. The molecule has 2 aliphatic heterocycles. The summed E-state index contributed by atoms with van der Waals surface area (Å²) in [6.07, 6.45) is 16.8. The van der Waals surface area contributed by atoms with Gasteiger partial charge in [-0.25, -0.2) is 4.39 Å². The van der Waals surface area contributed by atoms with Crippen molar-refractivity contribution >= 4 is 27.5 Å². The molecule has 0 amide bonds. The number of halogens is 1. The summed E-state index contributed by atoms with van der Waals surface area (Å²) in [7, 11) is 0. The minimum Gasteiger partial charge on any atom is -0.358 e. The average Bonchev–Trinajstić information content (AvgIpc) is 3.88. The van der Waals surface area contributed by atoms with Gasteiger partial charge in [0.15, 0.2) is 0 Å². The molecule has 0 aliphatic carbocycles. The van der Waals surface area contributed by atoms with Gasteiger partial charge in [0.25, 0.3) is 0 Å². The molecule has 7 heterocycles. The summed E-state index contributed by atoms with van der Waals surface area (Å²) in [5.74, 6) is 0.429. The third kappa shape index (κ3) is 6.97. The maximum atomic E-state index is 14.9. The number of nitrogens with one attached hydrogen (secondary N) is 4. The van der Waals surface area contributed by atoms with E-state index in [4.69, 9.17) is 4.98 Å².